The molecule has 38 heavy (non-hydrogen) atoms. The van der Waals surface area contributed by atoms with E-state index in [1.807, 2.05) is 48.7 Å². The summed E-state index contributed by atoms with van der Waals surface area (Å²) in [5.41, 5.74) is 1.94. The van der Waals surface area contributed by atoms with E-state index in [0.29, 0.717) is 39.1 Å². The van der Waals surface area contributed by atoms with Gasteiger partial charge < -0.3 is 14.5 Å². The molecule has 1 aliphatic rings. The number of esters is 1. The van der Waals surface area contributed by atoms with E-state index in [0.717, 1.165) is 32.1 Å². The smallest absolute Gasteiger partial charge is 0.305 e. The molecule has 1 unspecified atom stereocenters. The van der Waals surface area contributed by atoms with Crippen LogP contribution < -0.4 is 0 Å². The maximum absolute atomic E-state index is 14.0. The van der Waals surface area contributed by atoms with Crippen molar-refractivity contribution in [3.63, 3.8) is 0 Å². The first-order chi connectivity index (χ1) is 18.4. The van der Waals surface area contributed by atoms with Gasteiger partial charge in [-0.05, 0) is 60.7 Å². The third-order valence-electron chi connectivity index (χ3n) is 7.36. The van der Waals surface area contributed by atoms with Gasteiger partial charge >= 0.3 is 5.97 Å². The Morgan fingerprint density at radius 2 is 2.05 bits per heavy atom. The molecule has 9 heteroatoms. The van der Waals surface area contributed by atoms with Crippen molar-refractivity contribution in [1.29, 1.82) is 0 Å². The Hall–Kier alpha value is -3.72. The minimum Gasteiger partial charge on any atom is -0.466 e. The lowest BCUT2D eigenvalue weighted by Gasteiger charge is -2.51. The van der Waals surface area contributed by atoms with Gasteiger partial charge in [0.05, 0.1) is 24.7 Å². The maximum atomic E-state index is 14.0. The predicted molar refractivity (Wildman–Crippen MR) is 148 cm³/mol. The average molecular weight is 533 g/mol. The Kier molecular flexibility index (Phi) is 7.46. The second-order valence-electron chi connectivity index (χ2n) is 9.93. The predicted octanol–water partition coefficient (Wildman–Crippen LogP) is 4.68. The van der Waals surface area contributed by atoms with Crippen LogP contribution in [0.5, 0.6) is 0 Å². The van der Waals surface area contributed by atoms with Crippen LogP contribution in [0.15, 0.2) is 54.0 Å². The van der Waals surface area contributed by atoms with Gasteiger partial charge in [0.15, 0.2) is 0 Å². The highest BCUT2D eigenvalue weighted by Gasteiger charge is 2.50. The molecule has 4 aromatic rings. The largest absolute Gasteiger partial charge is 0.466 e. The number of amides is 2. The average Bonchev–Trinajstić information content (AvgIpc) is 3.53. The topological polar surface area (TPSA) is 95.6 Å². The molecule has 198 valence electrons. The molecule has 1 aliphatic heterocycles. The number of ether oxygens (including phenoxy) is 1. The van der Waals surface area contributed by atoms with Crippen LogP contribution in [0.4, 0.5) is 0 Å². The number of aromatic nitrogens is 2. The van der Waals surface area contributed by atoms with Gasteiger partial charge in [-0.2, -0.15) is 5.10 Å². The van der Waals surface area contributed by atoms with Gasteiger partial charge in [-0.1, -0.05) is 30.3 Å². The number of rotatable bonds is 10. The molecule has 8 nitrogen and oxygen atoms in total. The van der Waals surface area contributed by atoms with E-state index in [4.69, 9.17) is 4.74 Å². The fraction of sp³-hybridized carbons (Fsp3) is 0.379. The first-order valence-electron chi connectivity index (χ1n) is 13.0. The molecule has 5 rings (SSSR count). The number of benzene rings is 2. The zero-order valence-corrected chi connectivity index (χ0v) is 22.6. The number of carbonyl (C=O) groups excluding carboxylic acids is 3. The second kappa shape index (κ2) is 10.9. The SMILES string of the molecule is CCOC(=O)CCCN(Cc1ccc2cn[nH]c2c1)C(=O)C1(C)CCN1C(=O)Cc1csc2ccccc12. The number of likely N-dealkylation sites (tertiary alicyclic amines) is 1. The summed E-state index contributed by atoms with van der Waals surface area (Å²) in [6, 6.07) is 14.0. The molecule has 1 atom stereocenters. The van der Waals surface area contributed by atoms with Crippen molar-refractivity contribution in [3.8, 4) is 0 Å². The van der Waals surface area contributed by atoms with E-state index < -0.39 is 5.54 Å². The molecule has 0 aliphatic carbocycles. The van der Waals surface area contributed by atoms with Crippen LogP contribution in [0.2, 0.25) is 0 Å². The Labute approximate surface area is 225 Å². The molecule has 0 bridgehead atoms. The molecular formula is C29H32N4O4S. The molecule has 1 N–H and O–H groups in total. The van der Waals surface area contributed by atoms with Gasteiger partial charge in [0, 0.05) is 36.1 Å². The van der Waals surface area contributed by atoms with Crippen LogP contribution >= 0.6 is 11.3 Å². The Morgan fingerprint density at radius 3 is 2.84 bits per heavy atom. The van der Waals surface area contributed by atoms with E-state index in [-0.39, 0.29) is 30.6 Å². The highest BCUT2D eigenvalue weighted by atomic mass is 32.1. The fourth-order valence-electron chi connectivity index (χ4n) is 5.15. The Bertz CT molecular complexity index is 1480. The van der Waals surface area contributed by atoms with Crippen molar-refractivity contribution in [2.24, 2.45) is 0 Å². The first-order valence-corrected chi connectivity index (χ1v) is 13.9. The van der Waals surface area contributed by atoms with Crippen LogP contribution in [-0.4, -0.2) is 63.0 Å². The molecule has 3 heterocycles. The standard InChI is InChI=1S/C29H32N4O4S/c1-3-37-27(35)9-6-13-32(18-20-10-11-21-17-30-31-24(21)15-20)28(36)29(2)12-14-33(29)26(34)16-22-19-38-25-8-5-4-7-23(22)25/h4-5,7-8,10-11,15,17,19H,3,6,9,12-14,16,18H2,1-2H3,(H,30,31). The lowest BCUT2D eigenvalue weighted by Crippen LogP contribution is -2.68. The summed E-state index contributed by atoms with van der Waals surface area (Å²) in [6.45, 7) is 5.30. The van der Waals surface area contributed by atoms with E-state index in [1.54, 1.807) is 34.3 Å². The van der Waals surface area contributed by atoms with Crippen molar-refractivity contribution >= 4 is 50.1 Å². The first kappa shape index (κ1) is 25.9. The van der Waals surface area contributed by atoms with Crippen molar-refractivity contribution in [1.82, 2.24) is 20.0 Å². The van der Waals surface area contributed by atoms with Gasteiger partial charge in [0.1, 0.15) is 5.54 Å². The summed E-state index contributed by atoms with van der Waals surface area (Å²) in [7, 11) is 0. The van der Waals surface area contributed by atoms with Crippen LogP contribution in [-0.2, 0) is 32.1 Å². The quantitative estimate of drug-likeness (QED) is 0.299. The molecule has 0 saturated carbocycles. The molecule has 1 fully saturated rings. The Morgan fingerprint density at radius 1 is 1.21 bits per heavy atom. The zero-order valence-electron chi connectivity index (χ0n) is 21.7. The van der Waals surface area contributed by atoms with Crippen molar-refractivity contribution in [2.75, 3.05) is 19.7 Å². The van der Waals surface area contributed by atoms with Crippen LogP contribution in [0, 0.1) is 0 Å². The number of fused-ring (bicyclic) bond motifs is 2. The van der Waals surface area contributed by atoms with E-state index in [2.05, 4.69) is 16.3 Å². The van der Waals surface area contributed by atoms with E-state index in [1.165, 1.54) is 0 Å². The number of nitrogens with zero attached hydrogens (tertiary/aromatic N) is 3. The third kappa shape index (κ3) is 5.15. The summed E-state index contributed by atoms with van der Waals surface area (Å²) in [4.78, 5) is 42.8. The maximum Gasteiger partial charge on any atom is 0.305 e. The summed E-state index contributed by atoms with van der Waals surface area (Å²) in [5, 5.41) is 11.2. The monoisotopic (exact) mass is 532 g/mol. The third-order valence-corrected chi connectivity index (χ3v) is 8.38. The number of aromatic amines is 1. The second-order valence-corrected chi connectivity index (χ2v) is 10.8. The van der Waals surface area contributed by atoms with Crippen LogP contribution in [0.3, 0.4) is 0 Å². The summed E-state index contributed by atoms with van der Waals surface area (Å²) in [5.74, 6) is -0.407. The van der Waals surface area contributed by atoms with Gasteiger partial charge in [0.2, 0.25) is 11.8 Å². The number of hydrogen-bond acceptors (Lipinski definition) is 6. The van der Waals surface area contributed by atoms with E-state index in [9.17, 15) is 14.4 Å². The fourth-order valence-corrected chi connectivity index (χ4v) is 6.12. The number of hydrogen-bond donors (Lipinski definition) is 1. The number of carbonyl (C=O) groups is 3. The lowest BCUT2D eigenvalue weighted by molar-refractivity contribution is -0.164. The zero-order chi connectivity index (χ0) is 26.7. The number of thiophene rings is 1. The molecule has 0 radical (unpaired) electrons. The Balaban J connectivity index is 1.32. The van der Waals surface area contributed by atoms with Crippen LogP contribution in [0.1, 0.15) is 44.2 Å². The summed E-state index contributed by atoms with van der Waals surface area (Å²) >= 11 is 1.63. The minimum atomic E-state index is -0.912. The summed E-state index contributed by atoms with van der Waals surface area (Å²) < 4.78 is 6.22. The van der Waals surface area contributed by atoms with Crippen molar-refractivity contribution in [3.05, 3.63) is 65.2 Å². The number of H-pyrrole nitrogens is 1. The molecule has 0 spiro atoms. The van der Waals surface area contributed by atoms with Crippen molar-refractivity contribution in [2.45, 2.75) is 51.6 Å². The van der Waals surface area contributed by atoms with Crippen molar-refractivity contribution < 1.29 is 19.1 Å². The molecular weight excluding hydrogens is 500 g/mol. The minimum absolute atomic E-state index is 0.0407. The molecule has 2 amide bonds. The van der Waals surface area contributed by atoms with Crippen LogP contribution in [0.25, 0.3) is 21.0 Å². The van der Waals surface area contributed by atoms with Gasteiger partial charge in [-0.25, -0.2) is 0 Å². The molecule has 1 saturated heterocycles. The summed E-state index contributed by atoms with van der Waals surface area (Å²) in [6.07, 6.45) is 3.36. The van der Waals surface area contributed by atoms with Gasteiger partial charge in [-0.3, -0.25) is 19.5 Å². The molecule has 2 aromatic carbocycles. The number of nitrogens with one attached hydrogen (secondary N) is 1. The molecule has 2 aromatic heterocycles. The van der Waals surface area contributed by atoms with E-state index >= 15 is 0 Å². The highest BCUT2D eigenvalue weighted by Crippen LogP contribution is 2.35. The lowest BCUT2D eigenvalue weighted by atomic mass is 9.84. The van der Waals surface area contributed by atoms with Gasteiger partial charge in [0.25, 0.3) is 0 Å². The van der Waals surface area contributed by atoms with Gasteiger partial charge in [-0.15, -0.1) is 11.3 Å². The highest BCUT2D eigenvalue weighted by molar-refractivity contribution is 7.17. The normalized spacial score (nSPS) is 16.9.